The Morgan fingerprint density at radius 1 is 0.933 bits per heavy atom. The molecule has 3 aromatic carbocycles. The van der Waals surface area contributed by atoms with Gasteiger partial charge in [-0.3, -0.25) is 4.79 Å². The molecule has 0 atom stereocenters. The number of aryl methyl sites for hydroxylation is 1. The normalized spacial score (nSPS) is 18.4. The highest BCUT2D eigenvalue weighted by Gasteiger charge is 2.46. The van der Waals surface area contributed by atoms with Crippen LogP contribution in [0.4, 0.5) is 5.69 Å². The van der Waals surface area contributed by atoms with Crippen LogP contribution in [0.1, 0.15) is 34.3 Å². The highest BCUT2D eigenvalue weighted by molar-refractivity contribution is 5.97. The van der Waals surface area contributed by atoms with Crippen LogP contribution >= 0.6 is 0 Å². The molecular formula is C26H29N3O. The zero-order valence-electron chi connectivity index (χ0n) is 17.8. The van der Waals surface area contributed by atoms with Crippen molar-refractivity contribution >= 4 is 22.4 Å². The summed E-state index contributed by atoms with van der Waals surface area (Å²) in [6.45, 7) is 6.27. The Labute approximate surface area is 178 Å². The molecule has 1 heterocycles. The molecule has 0 radical (unpaired) electrons. The maximum absolute atomic E-state index is 13.2. The summed E-state index contributed by atoms with van der Waals surface area (Å²) in [5.74, 6) is 0.0304. The van der Waals surface area contributed by atoms with Gasteiger partial charge in [0.2, 0.25) is 0 Å². The Kier molecular flexibility index (Phi) is 4.75. The van der Waals surface area contributed by atoms with Gasteiger partial charge in [0, 0.05) is 37.4 Å². The number of carbonyl (C=O) groups excluding carboxylic acids is 1. The van der Waals surface area contributed by atoms with Crippen LogP contribution < -0.4 is 10.2 Å². The summed E-state index contributed by atoms with van der Waals surface area (Å²) in [6.07, 6.45) is 1.98. The molecule has 30 heavy (non-hydrogen) atoms. The fraction of sp³-hybridized carbons (Fsp3) is 0.346. The van der Waals surface area contributed by atoms with Gasteiger partial charge >= 0.3 is 0 Å². The first-order valence-corrected chi connectivity index (χ1v) is 10.9. The van der Waals surface area contributed by atoms with Crippen LogP contribution in [0.15, 0.2) is 60.7 Å². The van der Waals surface area contributed by atoms with Gasteiger partial charge in [0.05, 0.1) is 5.54 Å². The zero-order valence-corrected chi connectivity index (χ0v) is 17.8. The van der Waals surface area contributed by atoms with Crippen molar-refractivity contribution in [2.75, 3.05) is 38.1 Å². The molecule has 0 bridgehead atoms. The molecule has 1 saturated carbocycles. The van der Waals surface area contributed by atoms with Gasteiger partial charge in [0.25, 0.3) is 5.91 Å². The molecule has 5 rings (SSSR count). The number of benzene rings is 3. The monoisotopic (exact) mass is 399 g/mol. The highest BCUT2D eigenvalue weighted by Crippen LogP contribution is 2.48. The smallest absolute Gasteiger partial charge is 0.252 e. The quantitative estimate of drug-likeness (QED) is 0.710. The molecule has 4 nitrogen and oxygen atoms in total. The van der Waals surface area contributed by atoms with E-state index < -0.39 is 0 Å². The first-order chi connectivity index (χ1) is 14.6. The van der Waals surface area contributed by atoms with Crippen LogP contribution in [-0.2, 0) is 5.54 Å². The number of carbonyl (C=O) groups is 1. The number of nitrogens with zero attached hydrogens (tertiary/aromatic N) is 2. The van der Waals surface area contributed by atoms with Crippen molar-refractivity contribution in [3.05, 3.63) is 77.4 Å². The van der Waals surface area contributed by atoms with Crippen molar-refractivity contribution in [2.45, 2.75) is 25.3 Å². The average molecular weight is 400 g/mol. The number of anilines is 1. The van der Waals surface area contributed by atoms with E-state index in [-0.39, 0.29) is 11.4 Å². The molecule has 0 aromatic heterocycles. The Morgan fingerprint density at radius 3 is 2.40 bits per heavy atom. The van der Waals surface area contributed by atoms with E-state index in [4.69, 9.17) is 0 Å². The Bertz CT molecular complexity index is 1090. The van der Waals surface area contributed by atoms with Gasteiger partial charge in [-0.05, 0) is 66.9 Å². The molecule has 4 heteroatoms. The van der Waals surface area contributed by atoms with Gasteiger partial charge in [-0.2, -0.15) is 0 Å². The van der Waals surface area contributed by atoms with Crippen LogP contribution in [0.2, 0.25) is 0 Å². The molecule has 154 valence electrons. The van der Waals surface area contributed by atoms with Crippen molar-refractivity contribution in [2.24, 2.45) is 0 Å². The maximum atomic E-state index is 13.2. The molecular weight excluding hydrogens is 370 g/mol. The van der Waals surface area contributed by atoms with Crippen molar-refractivity contribution in [1.82, 2.24) is 10.2 Å². The number of amides is 1. The highest BCUT2D eigenvalue weighted by atomic mass is 16.1. The molecule has 1 aliphatic carbocycles. The number of fused-ring (bicyclic) bond motifs is 1. The van der Waals surface area contributed by atoms with Crippen molar-refractivity contribution in [3.63, 3.8) is 0 Å². The average Bonchev–Trinajstić information content (AvgIpc) is 3.54. The standard InChI is InChI=1S/C26H29N3O/c1-19-18-21(29-16-14-28(2)15-17-29)10-11-22(19)25(30)27-26(12-13-26)24-9-5-7-20-6-3-4-8-23(20)24/h3-11,18H,12-17H2,1-2H3,(H,27,30). The van der Waals surface area contributed by atoms with Crippen LogP contribution in [-0.4, -0.2) is 44.0 Å². The number of piperazine rings is 1. The molecule has 1 saturated heterocycles. The number of likely N-dealkylation sites (N-methyl/N-ethyl adjacent to an activating group) is 1. The van der Waals surface area contributed by atoms with Crippen LogP contribution in [0.25, 0.3) is 10.8 Å². The predicted octanol–water partition coefficient (Wildman–Crippen LogP) is 4.32. The second-order valence-corrected chi connectivity index (χ2v) is 8.85. The summed E-state index contributed by atoms with van der Waals surface area (Å²) >= 11 is 0. The molecule has 2 fully saturated rings. The van der Waals surface area contributed by atoms with Crippen molar-refractivity contribution in [3.8, 4) is 0 Å². The van der Waals surface area contributed by atoms with E-state index >= 15 is 0 Å². The largest absolute Gasteiger partial charge is 0.369 e. The second-order valence-electron chi connectivity index (χ2n) is 8.85. The van der Waals surface area contributed by atoms with Crippen molar-refractivity contribution < 1.29 is 4.79 Å². The fourth-order valence-corrected chi connectivity index (χ4v) is 4.68. The lowest BCUT2D eigenvalue weighted by Gasteiger charge is -2.34. The van der Waals surface area contributed by atoms with Gasteiger partial charge < -0.3 is 15.1 Å². The molecule has 2 aliphatic rings. The van der Waals surface area contributed by atoms with E-state index in [1.807, 2.05) is 13.0 Å². The summed E-state index contributed by atoms with van der Waals surface area (Å²) < 4.78 is 0. The minimum atomic E-state index is -0.236. The summed E-state index contributed by atoms with van der Waals surface area (Å²) in [7, 11) is 2.17. The maximum Gasteiger partial charge on any atom is 0.252 e. The lowest BCUT2D eigenvalue weighted by Crippen LogP contribution is -2.44. The van der Waals surface area contributed by atoms with Crippen LogP contribution in [0.3, 0.4) is 0 Å². The first-order valence-electron chi connectivity index (χ1n) is 10.9. The summed E-state index contributed by atoms with van der Waals surface area (Å²) in [4.78, 5) is 18.0. The summed E-state index contributed by atoms with van der Waals surface area (Å²) in [6, 6.07) is 21.1. The number of nitrogens with one attached hydrogen (secondary N) is 1. The SMILES string of the molecule is Cc1cc(N2CCN(C)CC2)ccc1C(=O)NC1(c2cccc3ccccc23)CC1. The molecule has 1 amide bonds. The van der Waals surface area contributed by atoms with E-state index in [2.05, 4.69) is 76.8 Å². The van der Waals surface area contributed by atoms with Gasteiger partial charge in [-0.15, -0.1) is 0 Å². The predicted molar refractivity (Wildman–Crippen MR) is 123 cm³/mol. The first kappa shape index (κ1) is 19.1. The van der Waals surface area contributed by atoms with Gasteiger partial charge in [-0.1, -0.05) is 42.5 Å². The number of hydrogen-bond donors (Lipinski definition) is 1. The van der Waals surface area contributed by atoms with E-state index in [9.17, 15) is 4.79 Å². The molecule has 1 aliphatic heterocycles. The van der Waals surface area contributed by atoms with Gasteiger partial charge in [0.1, 0.15) is 0 Å². The van der Waals surface area contributed by atoms with Gasteiger partial charge in [0.15, 0.2) is 0 Å². The lowest BCUT2D eigenvalue weighted by atomic mass is 9.96. The molecule has 1 N–H and O–H groups in total. The number of hydrogen-bond acceptors (Lipinski definition) is 3. The second kappa shape index (κ2) is 7.44. The zero-order chi connectivity index (χ0) is 20.7. The summed E-state index contributed by atoms with van der Waals surface area (Å²) in [5, 5.41) is 5.84. The van der Waals surface area contributed by atoms with E-state index in [1.165, 1.54) is 22.0 Å². The Balaban J connectivity index is 1.37. The van der Waals surface area contributed by atoms with E-state index in [0.29, 0.717) is 0 Å². The third kappa shape index (κ3) is 3.46. The molecule has 3 aromatic rings. The fourth-order valence-electron chi connectivity index (χ4n) is 4.68. The minimum Gasteiger partial charge on any atom is -0.369 e. The molecule has 0 spiro atoms. The van der Waals surface area contributed by atoms with E-state index in [0.717, 1.165) is 50.1 Å². The minimum absolute atomic E-state index is 0.0304. The van der Waals surface area contributed by atoms with Crippen LogP contribution in [0.5, 0.6) is 0 Å². The third-order valence-electron chi connectivity index (χ3n) is 6.73. The van der Waals surface area contributed by atoms with E-state index in [1.54, 1.807) is 0 Å². The Hall–Kier alpha value is -2.85. The Morgan fingerprint density at radius 2 is 1.67 bits per heavy atom. The lowest BCUT2D eigenvalue weighted by molar-refractivity contribution is 0.0930. The van der Waals surface area contributed by atoms with Gasteiger partial charge in [-0.25, -0.2) is 0 Å². The third-order valence-corrected chi connectivity index (χ3v) is 6.73. The molecule has 0 unspecified atom stereocenters. The topological polar surface area (TPSA) is 35.6 Å². The number of rotatable bonds is 4. The summed E-state index contributed by atoms with van der Waals surface area (Å²) in [5.41, 5.74) is 4.03. The van der Waals surface area contributed by atoms with Crippen molar-refractivity contribution in [1.29, 1.82) is 0 Å². The van der Waals surface area contributed by atoms with Crippen LogP contribution in [0, 0.1) is 6.92 Å².